The number of carbonyl (C=O) groups excluding carboxylic acids is 1. The molecule has 4 aromatic rings. The van der Waals surface area contributed by atoms with Gasteiger partial charge in [0.1, 0.15) is 0 Å². The topological polar surface area (TPSA) is 35.6 Å². The molecule has 0 saturated heterocycles. The van der Waals surface area contributed by atoms with Gasteiger partial charge >= 0.3 is 0 Å². The summed E-state index contributed by atoms with van der Waals surface area (Å²) in [5.74, 6) is -0.0465. The molecule has 6 rings (SSSR count). The second kappa shape index (κ2) is 8.08. The Bertz CT molecular complexity index is 1380. The molecule has 1 atom stereocenters. The van der Waals surface area contributed by atoms with E-state index < -0.39 is 0 Å². The molecule has 2 heterocycles. The minimum atomic E-state index is -0.336. The molecule has 4 aromatic carbocycles. The molecule has 0 radical (unpaired) electrons. The number of rotatable bonds is 3. The molecule has 0 aliphatic carbocycles. The van der Waals surface area contributed by atoms with E-state index in [1.54, 1.807) is 5.01 Å². The van der Waals surface area contributed by atoms with Crippen molar-refractivity contribution in [2.75, 3.05) is 10.3 Å². The number of nitrogens with one attached hydrogen (secondary N) is 1. The second-order valence-corrected chi connectivity index (χ2v) is 9.11. The second-order valence-electron chi connectivity index (χ2n) is 8.03. The molecule has 0 saturated carbocycles. The van der Waals surface area contributed by atoms with Crippen LogP contribution in [0.4, 0.5) is 11.4 Å². The van der Waals surface area contributed by atoms with Gasteiger partial charge in [0, 0.05) is 9.14 Å². The zero-order chi connectivity index (χ0) is 22.4. The zero-order valence-electron chi connectivity index (χ0n) is 17.7. The normalized spacial score (nSPS) is 16.8. The van der Waals surface area contributed by atoms with Gasteiger partial charge in [-0.2, -0.15) is 0 Å². The maximum Gasteiger partial charge on any atom is 0.276 e. The van der Waals surface area contributed by atoms with E-state index in [1.807, 2.05) is 66.7 Å². The Labute approximate surface area is 206 Å². The summed E-state index contributed by atoms with van der Waals surface area (Å²) >= 11 is 2.45. The number of benzene rings is 4. The minimum absolute atomic E-state index is 0.0465. The van der Waals surface area contributed by atoms with E-state index in [4.69, 9.17) is 0 Å². The van der Waals surface area contributed by atoms with Gasteiger partial charge in [-0.1, -0.05) is 84.9 Å². The Morgan fingerprint density at radius 3 is 2.06 bits per heavy atom. The van der Waals surface area contributed by atoms with Gasteiger partial charge in [-0.25, -0.2) is 5.01 Å². The van der Waals surface area contributed by atoms with Gasteiger partial charge in [0.25, 0.3) is 5.91 Å². The summed E-state index contributed by atoms with van der Waals surface area (Å²) in [4.78, 5) is 16.1. The standard InChI is InChI=1S/C28H20IN3O/c29-25-21-15-7-8-16-22(21)27-31(26(25)19-11-3-1-4-12-19)24-18-10-9-17-23(24)28(33)32(27)30-20-13-5-2-6-14-20/h1-18,27,30H. The third-order valence-corrected chi connectivity index (χ3v) is 7.19. The lowest BCUT2D eigenvalue weighted by atomic mass is 9.91. The van der Waals surface area contributed by atoms with E-state index in [0.717, 1.165) is 37.3 Å². The van der Waals surface area contributed by atoms with Crippen molar-refractivity contribution in [3.8, 4) is 0 Å². The third kappa shape index (κ3) is 3.23. The van der Waals surface area contributed by atoms with Gasteiger partial charge in [-0.3, -0.25) is 10.2 Å². The molecule has 33 heavy (non-hydrogen) atoms. The first-order valence-corrected chi connectivity index (χ1v) is 11.9. The highest BCUT2D eigenvalue weighted by Crippen LogP contribution is 2.52. The summed E-state index contributed by atoms with van der Waals surface area (Å²) in [5.41, 5.74) is 10.3. The summed E-state index contributed by atoms with van der Waals surface area (Å²) in [6.07, 6.45) is -0.336. The van der Waals surface area contributed by atoms with E-state index in [0.29, 0.717) is 5.56 Å². The SMILES string of the molecule is O=C1c2ccccc2N2C(c3ccccc3)=C(I)c3ccccc3C2N1Nc1ccccc1. The van der Waals surface area contributed by atoms with Crippen LogP contribution in [-0.4, -0.2) is 10.9 Å². The molecule has 5 heteroatoms. The summed E-state index contributed by atoms with van der Waals surface area (Å²) in [7, 11) is 0. The molecule has 4 nitrogen and oxygen atoms in total. The lowest BCUT2D eigenvalue weighted by molar-refractivity contribution is 0.0714. The summed E-state index contributed by atoms with van der Waals surface area (Å²) in [6, 6.07) is 36.5. The van der Waals surface area contributed by atoms with Crippen LogP contribution in [0.25, 0.3) is 9.28 Å². The largest absolute Gasteiger partial charge is 0.312 e. The van der Waals surface area contributed by atoms with Crippen molar-refractivity contribution < 1.29 is 4.79 Å². The Kier molecular flexibility index (Phi) is 4.91. The number of amides is 1. The van der Waals surface area contributed by atoms with Crippen LogP contribution in [0.15, 0.2) is 109 Å². The van der Waals surface area contributed by atoms with E-state index in [1.165, 1.54) is 0 Å². The fraction of sp³-hybridized carbons (Fsp3) is 0.0357. The van der Waals surface area contributed by atoms with Gasteiger partial charge in [0.15, 0.2) is 6.17 Å². The lowest BCUT2D eigenvalue weighted by Crippen LogP contribution is -2.52. The molecule has 0 bridgehead atoms. The highest BCUT2D eigenvalue weighted by Gasteiger charge is 2.44. The highest BCUT2D eigenvalue weighted by molar-refractivity contribution is 14.1. The Balaban J connectivity index is 1.64. The number of anilines is 2. The predicted molar refractivity (Wildman–Crippen MR) is 142 cm³/mol. The van der Waals surface area contributed by atoms with Gasteiger partial charge < -0.3 is 4.90 Å². The first-order chi connectivity index (χ1) is 16.2. The molecule has 160 valence electrons. The molecular weight excluding hydrogens is 521 g/mol. The molecule has 1 unspecified atom stereocenters. The maximum atomic E-state index is 13.8. The van der Waals surface area contributed by atoms with E-state index in [2.05, 4.69) is 75.4 Å². The fourth-order valence-corrected chi connectivity index (χ4v) is 5.72. The van der Waals surface area contributed by atoms with Crippen LogP contribution in [0.3, 0.4) is 0 Å². The molecule has 2 aliphatic rings. The monoisotopic (exact) mass is 541 g/mol. The van der Waals surface area contributed by atoms with Crippen molar-refractivity contribution in [2.45, 2.75) is 6.17 Å². The number of halogens is 1. The average molecular weight is 541 g/mol. The molecule has 2 aliphatic heterocycles. The van der Waals surface area contributed by atoms with Crippen molar-refractivity contribution in [3.05, 3.63) is 131 Å². The van der Waals surface area contributed by atoms with Crippen LogP contribution in [0.1, 0.15) is 33.2 Å². The first-order valence-electron chi connectivity index (χ1n) is 10.8. The molecule has 0 fully saturated rings. The zero-order valence-corrected chi connectivity index (χ0v) is 19.8. The number of hydrogen-bond acceptors (Lipinski definition) is 3. The molecule has 1 N–H and O–H groups in total. The number of para-hydroxylation sites is 2. The maximum absolute atomic E-state index is 13.8. The van der Waals surface area contributed by atoms with Crippen LogP contribution in [0.2, 0.25) is 0 Å². The van der Waals surface area contributed by atoms with Crippen molar-refractivity contribution >= 4 is 49.1 Å². The Morgan fingerprint density at radius 2 is 1.30 bits per heavy atom. The van der Waals surface area contributed by atoms with Crippen LogP contribution in [0, 0.1) is 0 Å². The van der Waals surface area contributed by atoms with Crippen molar-refractivity contribution in [1.82, 2.24) is 5.01 Å². The first kappa shape index (κ1) is 20.1. The van der Waals surface area contributed by atoms with Crippen molar-refractivity contribution in [3.63, 3.8) is 0 Å². The van der Waals surface area contributed by atoms with Gasteiger partial charge in [0.2, 0.25) is 0 Å². The summed E-state index contributed by atoms with van der Waals surface area (Å²) in [6.45, 7) is 0. The predicted octanol–water partition coefficient (Wildman–Crippen LogP) is 6.95. The van der Waals surface area contributed by atoms with Crippen LogP contribution in [0.5, 0.6) is 0 Å². The van der Waals surface area contributed by atoms with Gasteiger partial charge in [-0.15, -0.1) is 0 Å². The number of carbonyl (C=O) groups is 1. The third-order valence-electron chi connectivity index (χ3n) is 6.10. The van der Waals surface area contributed by atoms with E-state index in [-0.39, 0.29) is 12.1 Å². The lowest BCUT2D eigenvalue weighted by Gasteiger charge is -2.49. The van der Waals surface area contributed by atoms with Crippen LogP contribution in [-0.2, 0) is 0 Å². The summed E-state index contributed by atoms with van der Waals surface area (Å²) in [5, 5.41) is 1.77. The number of nitrogens with zero attached hydrogens (tertiary/aromatic N) is 2. The number of hydrogen-bond donors (Lipinski definition) is 1. The van der Waals surface area contributed by atoms with Gasteiger partial charge in [0.05, 0.1) is 22.6 Å². The van der Waals surface area contributed by atoms with Crippen molar-refractivity contribution in [2.24, 2.45) is 0 Å². The highest BCUT2D eigenvalue weighted by atomic mass is 127. The summed E-state index contributed by atoms with van der Waals surface area (Å²) < 4.78 is 1.16. The number of hydrazine groups is 1. The van der Waals surface area contributed by atoms with Crippen molar-refractivity contribution in [1.29, 1.82) is 0 Å². The minimum Gasteiger partial charge on any atom is -0.312 e. The molecule has 0 spiro atoms. The van der Waals surface area contributed by atoms with Crippen LogP contribution >= 0.6 is 22.6 Å². The molecular formula is C28H20IN3O. The van der Waals surface area contributed by atoms with Gasteiger partial charge in [-0.05, 0) is 58.0 Å². The number of fused-ring (bicyclic) bond motifs is 5. The van der Waals surface area contributed by atoms with E-state index in [9.17, 15) is 4.79 Å². The Morgan fingerprint density at radius 1 is 0.697 bits per heavy atom. The molecule has 1 amide bonds. The van der Waals surface area contributed by atoms with Crippen LogP contribution < -0.4 is 10.3 Å². The smallest absolute Gasteiger partial charge is 0.276 e. The molecule has 0 aromatic heterocycles. The average Bonchev–Trinajstić information content (AvgIpc) is 2.88. The fourth-order valence-electron chi connectivity index (χ4n) is 4.65. The van der Waals surface area contributed by atoms with E-state index >= 15 is 0 Å². The Hall–Kier alpha value is -3.58. The quantitative estimate of drug-likeness (QED) is 0.285.